The Morgan fingerprint density at radius 1 is 1.26 bits per heavy atom. The van der Waals surface area contributed by atoms with E-state index in [4.69, 9.17) is 9.47 Å². The maximum Gasteiger partial charge on any atom is 0.228 e. The maximum atomic E-state index is 12.5. The van der Waals surface area contributed by atoms with Gasteiger partial charge < -0.3 is 19.7 Å². The van der Waals surface area contributed by atoms with Crippen LogP contribution in [0.15, 0.2) is 0 Å². The minimum atomic E-state index is -0.803. The predicted octanol–water partition coefficient (Wildman–Crippen LogP) is 1.15. The molecule has 3 rings (SSSR count). The van der Waals surface area contributed by atoms with Gasteiger partial charge in [-0.1, -0.05) is 6.92 Å². The van der Waals surface area contributed by atoms with Gasteiger partial charge in [0.05, 0.1) is 19.1 Å². The molecule has 1 saturated carbocycles. The number of nitrogens with zero attached hydrogens (tertiary/aromatic N) is 1. The molecule has 23 heavy (non-hydrogen) atoms. The third kappa shape index (κ3) is 3.69. The first kappa shape index (κ1) is 16.7. The van der Waals surface area contributed by atoms with Crippen LogP contribution in [-0.2, 0) is 19.1 Å². The zero-order valence-electron chi connectivity index (χ0n) is 14.2. The molecule has 6 nitrogen and oxygen atoms in total. The molecule has 0 aromatic rings. The molecule has 0 radical (unpaired) electrons. The van der Waals surface area contributed by atoms with E-state index in [-0.39, 0.29) is 17.7 Å². The van der Waals surface area contributed by atoms with E-state index in [1.807, 2.05) is 18.7 Å². The van der Waals surface area contributed by atoms with Gasteiger partial charge in [-0.3, -0.25) is 9.59 Å². The molecular weight excluding hydrogens is 296 g/mol. The van der Waals surface area contributed by atoms with Crippen molar-refractivity contribution in [3.05, 3.63) is 0 Å². The van der Waals surface area contributed by atoms with Crippen LogP contribution < -0.4 is 5.32 Å². The predicted molar refractivity (Wildman–Crippen MR) is 84.5 cm³/mol. The first-order valence-electron chi connectivity index (χ1n) is 8.88. The Kier molecular flexibility index (Phi) is 4.92. The lowest BCUT2D eigenvalue weighted by Gasteiger charge is -2.30. The lowest BCUT2D eigenvalue weighted by molar-refractivity contribution is -0.187. The van der Waals surface area contributed by atoms with Crippen LogP contribution in [0.1, 0.15) is 39.5 Å². The Labute approximate surface area is 137 Å². The summed E-state index contributed by atoms with van der Waals surface area (Å²) in [5.74, 6) is -0.158. The number of rotatable bonds is 6. The number of carbonyl (C=O) groups excluding carboxylic acids is 2. The summed E-state index contributed by atoms with van der Waals surface area (Å²) < 4.78 is 11.3. The molecule has 3 aliphatic rings. The lowest BCUT2D eigenvalue weighted by atomic mass is 9.95. The van der Waals surface area contributed by atoms with Gasteiger partial charge in [0.25, 0.3) is 0 Å². The summed E-state index contributed by atoms with van der Waals surface area (Å²) in [5, 5.41) is 3.05. The van der Waals surface area contributed by atoms with Crippen molar-refractivity contribution in [2.75, 3.05) is 32.8 Å². The fourth-order valence-electron chi connectivity index (χ4n) is 3.68. The monoisotopic (exact) mass is 324 g/mol. The summed E-state index contributed by atoms with van der Waals surface area (Å²) in [7, 11) is 0. The van der Waals surface area contributed by atoms with Crippen molar-refractivity contribution in [3.8, 4) is 0 Å². The van der Waals surface area contributed by atoms with Gasteiger partial charge in [0.15, 0.2) is 5.79 Å². The number of likely N-dealkylation sites (tertiary alicyclic amines) is 1. The second-order valence-electron chi connectivity index (χ2n) is 7.13. The quantitative estimate of drug-likeness (QED) is 0.796. The highest BCUT2D eigenvalue weighted by Crippen LogP contribution is 2.33. The van der Waals surface area contributed by atoms with Crippen LogP contribution in [0.3, 0.4) is 0 Å². The maximum absolute atomic E-state index is 12.5. The van der Waals surface area contributed by atoms with E-state index in [9.17, 15) is 9.59 Å². The molecule has 0 aromatic carbocycles. The summed E-state index contributed by atoms with van der Waals surface area (Å²) in [6.45, 7) is 7.14. The van der Waals surface area contributed by atoms with E-state index in [2.05, 4.69) is 5.32 Å². The third-order valence-electron chi connectivity index (χ3n) is 5.31. The number of ether oxygens (including phenoxy) is 2. The van der Waals surface area contributed by atoms with Crippen LogP contribution in [0.5, 0.6) is 0 Å². The summed E-state index contributed by atoms with van der Waals surface area (Å²) in [6.07, 6.45) is 3.75. The number of hydrogen-bond donors (Lipinski definition) is 1. The van der Waals surface area contributed by atoms with E-state index in [1.165, 1.54) is 0 Å². The zero-order valence-corrected chi connectivity index (χ0v) is 14.2. The molecule has 0 spiro atoms. The van der Waals surface area contributed by atoms with Gasteiger partial charge in [0.2, 0.25) is 11.8 Å². The topological polar surface area (TPSA) is 67.9 Å². The van der Waals surface area contributed by atoms with E-state index >= 15 is 0 Å². The molecule has 2 aliphatic heterocycles. The van der Waals surface area contributed by atoms with E-state index in [1.54, 1.807) is 0 Å². The summed E-state index contributed by atoms with van der Waals surface area (Å²) in [6, 6.07) is 0. The normalized spacial score (nSPS) is 27.9. The van der Waals surface area contributed by atoms with E-state index in [0.717, 1.165) is 32.4 Å². The smallest absolute Gasteiger partial charge is 0.228 e. The highest BCUT2D eigenvalue weighted by Gasteiger charge is 2.43. The zero-order chi connectivity index (χ0) is 16.4. The Morgan fingerprint density at radius 2 is 1.96 bits per heavy atom. The number of carbonyl (C=O) groups is 2. The number of amides is 2. The van der Waals surface area contributed by atoms with Crippen molar-refractivity contribution < 1.29 is 19.1 Å². The fourth-order valence-corrected chi connectivity index (χ4v) is 3.68. The van der Waals surface area contributed by atoms with Crippen LogP contribution in [0.2, 0.25) is 0 Å². The highest BCUT2D eigenvalue weighted by atomic mass is 16.7. The second kappa shape index (κ2) is 6.77. The molecule has 0 bridgehead atoms. The standard InChI is InChI=1S/C17H28N2O4/c1-3-14(17(2)22-8-9-23-17)15(20)18-10-12-6-7-19(11-12)16(21)13-4-5-13/h12-14H,3-11H2,1-2H3,(H,18,20)/t12-,14?/m0/s1. The average molecular weight is 324 g/mol. The van der Waals surface area contributed by atoms with Crippen LogP contribution in [0.4, 0.5) is 0 Å². The van der Waals surface area contributed by atoms with Crippen LogP contribution in [0.25, 0.3) is 0 Å². The van der Waals surface area contributed by atoms with Gasteiger partial charge in [-0.15, -0.1) is 0 Å². The van der Waals surface area contributed by atoms with Crippen molar-refractivity contribution in [3.63, 3.8) is 0 Å². The molecule has 6 heteroatoms. The van der Waals surface area contributed by atoms with Crippen molar-refractivity contribution >= 4 is 11.8 Å². The third-order valence-corrected chi connectivity index (χ3v) is 5.31. The van der Waals surface area contributed by atoms with Gasteiger partial charge in [0, 0.05) is 25.6 Å². The van der Waals surface area contributed by atoms with E-state index in [0.29, 0.717) is 38.0 Å². The molecular formula is C17H28N2O4. The van der Waals surface area contributed by atoms with Gasteiger partial charge in [-0.05, 0) is 38.5 Å². The van der Waals surface area contributed by atoms with E-state index < -0.39 is 5.79 Å². The summed E-state index contributed by atoms with van der Waals surface area (Å²) in [4.78, 5) is 26.5. The molecule has 130 valence electrons. The highest BCUT2D eigenvalue weighted by molar-refractivity contribution is 5.81. The largest absolute Gasteiger partial charge is 0.355 e. The van der Waals surface area contributed by atoms with Gasteiger partial charge in [-0.2, -0.15) is 0 Å². The minimum absolute atomic E-state index is 0.0103. The Hall–Kier alpha value is -1.14. The first-order valence-corrected chi connectivity index (χ1v) is 8.88. The molecule has 2 heterocycles. The molecule has 2 atom stereocenters. The van der Waals surface area contributed by atoms with Crippen molar-refractivity contribution in [1.29, 1.82) is 0 Å². The SMILES string of the molecule is CCC(C(=O)NC[C@@H]1CCN(C(=O)C2CC2)C1)C1(C)OCCO1. The van der Waals surface area contributed by atoms with Crippen LogP contribution >= 0.6 is 0 Å². The van der Waals surface area contributed by atoms with Crippen LogP contribution in [0, 0.1) is 17.8 Å². The molecule has 1 N–H and O–H groups in total. The van der Waals surface area contributed by atoms with Gasteiger partial charge >= 0.3 is 0 Å². The number of nitrogens with one attached hydrogen (secondary N) is 1. The molecule has 1 unspecified atom stereocenters. The molecule has 3 fully saturated rings. The lowest BCUT2D eigenvalue weighted by Crippen LogP contribution is -2.46. The number of hydrogen-bond acceptors (Lipinski definition) is 4. The first-order chi connectivity index (χ1) is 11.0. The van der Waals surface area contributed by atoms with Crippen molar-refractivity contribution in [2.45, 2.75) is 45.3 Å². The molecule has 0 aromatic heterocycles. The summed E-state index contributed by atoms with van der Waals surface area (Å²) in [5.41, 5.74) is 0. The Balaban J connectivity index is 1.46. The fraction of sp³-hybridized carbons (Fsp3) is 0.882. The molecule has 1 aliphatic carbocycles. The molecule has 2 amide bonds. The van der Waals surface area contributed by atoms with Crippen LogP contribution in [-0.4, -0.2) is 55.3 Å². The average Bonchev–Trinajstić information content (AvgIpc) is 3.12. The molecule has 2 saturated heterocycles. The minimum Gasteiger partial charge on any atom is -0.355 e. The Morgan fingerprint density at radius 3 is 2.57 bits per heavy atom. The van der Waals surface area contributed by atoms with Gasteiger partial charge in [-0.25, -0.2) is 0 Å². The van der Waals surface area contributed by atoms with Crippen molar-refractivity contribution in [1.82, 2.24) is 10.2 Å². The Bertz CT molecular complexity index is 458. The van der Waals surface area contributed by atoms with Crippen molar-refractivity contribution in [2.24, 2.45) is 17.8 Å². The second-order valence-corrected chi connectivity index (χ2v) is 7.13. The van der Waals surface area contributed by atoms with Gasteiger partial charge in [0.1, 0.15) is 0 Å². The summed E-state index contributed by atoms with van der Waals surface area (Å²) >= 11 is 0.